The summed E-state index contributed by atoms with van der Waals surface area (Å²) in [5, 5.41) is 0. The van der Waals surface area contributed by atoms with Gasteiger partial charge in [0.1, 0.15) is 0 Å². The Kier molecular flexibility index (Phi) is 3.80. The fourth-order valence-corrected chi connectivity index (χ4v) is 1.61. The number of carbonyl (C=O) groups excluding carboxylic acids is 1. The van der Waals surface area contributed by atoms with Gasteiger partial charge in [-0.25, -0.2) is 0 Å². The van der Waals surface area contributed by atoms with Gasteiger partial charge in [-0.3, -0.25) is 4.79 Å². The second-order valence-electron chi connectivity index (χ2n) is 4.33. The number of halogens is 3. The van der Waals surface area contributed by atoms with E-state index in [9.17, 15) is 18.0 Å². The van der Waals surface area contributed by atoms with Gasteiger partial charge < -0.3 is 5.73 Å². The van der Waals surface area contributed by atoms with Crippen molar-refractivity contribution in [2.24, 2.45) is 11.7 Å². The minimum absolute atomic E-state index is 0.107. The molecule has 1 aromatic carbocycles. The number of benzene rings is 1. The Hall–Kier alpha value is -1.52. The lowest BCUT2D eigenvalue weighted by Crippen LogP contribution is -2.16. The van der Waals surface area contributed by atoms with E-state index in [-0.39, 0.29) is 17.0 Å². The van der Waals surface area contributed by atoms with Gasteiger partial charge >= 0.3 is 6.18 Å². The van der Waals surface area contributed by atoms with Gasteiger partial charge in [-0.1, -0.05) is 19.9 Å². The topological polar surface area (TPSA) is 43.1 Å². The highest BCUT2D eigenvalue weighted by molar-refractivity contribution is 5.93. The predicted octanol–water partition coefficient (Wildman–Crippen LogP) is 3.00. The zero-order valence-electron chi connectivity index (χ0n) is 9.64. The number of alkyl halides is 3. The zero-order chi connectivity index (χ0) is 13.2. The van der Waals surface area contributed by atoms with E-state index < -0.39 is 17.6 Å². The van der Waals surface area contributed by atoms with Crippen molar-refractivity contribution >= 4 is 5.91 Å². The summed E-state index contributed by atoms with van der Waals surface area (Å²) in [7, 11) is 0. The predicted molar refractivity (Wildman–Crippen MR) is 58.5 cm³/mol. The maximum atomic E-state index is 12.8. The smallest absolute Gasteiger partial charge is 0.366 e. The van der Waals surface area contributed by atoms with Crippen LogP contribution in [0.4, 0.5) is 13.2 Å². The highest BCUT2D eigenvalue weighted by Gasteiger charge is 2.33. The third-order valence-corrected chi connectivity index (χ3v) is 2.33. The van der Waals surface area contributed by atoms with Crippen molar-refractivity contribution in [2.45, 2.75) is 26.4 Å². The monoisotopic (exact) mass is 245 g/mol. The molecule has 1 rings (SSSR count). The second-order valence-corrected chi connectivity index (χ2v) is 4.33. The molecule has 0 aromatic heterocycles. The number of amides is 1. The number of hydrogen-bond acceptors (Lipinski definition) is 1. The summed E-state index contributed by atoms with van der Waals surface area (Å²) in [5.41, 5.74) is 4.27. The van der Waals surface area contributed by atoms with Crippen LogP contribution in [-0.4, -0.2) is 5.91 Å². The Morgan fingerprint density at radius 1 is 1.35 bits per heavy atom. The molecular weight excluding hydrogens is 231 g/mol. The van der Waals surface area contributed by atoms with E-state index in [1.807, 2.05) is 13.8 Å². The van der Waals surface area contributed by atoms with E-state index in [0.29, 0.717) is 6.42 Å². The fourth-order valence-electron chi connectivity index (χ4n) is 1.61. The Labute approximate surface area is 97.6 Å². The molecule has 0 heterocycles. The molecule has 17 heavy (non-hydrogen) atoms. The van der Waals surface area contributed by atoms with Crippen LogP contribution < -0.4 is 5.73 Å². The first-order valence-electron chi connectivity index (χ1n) is 5.21. The van der Waals surface area contributed by atoms with Gasteiger partial charge in [-0.2, -0.15) is 13.2 Å². The van der Waals surface area contributed by atoms with Gasteiger partial charge in [-0.05, 0) is 30.0 Å². The SMILES string of the molecule is CC(C)Cc1ccc(C(N)=O)cc1C(F)(F)F. The van der Waals surface area contributed by atoms with E-state index >= 15 is 0 Å². The van der Waals surface area contributed by atoms with Gasteiger partial charge in [0.2, 0.25) is 5.91 Å². The van der Waals surface area contributed by atoms with Crippen LogP contribution >= 0.6 is 0 Å². The third-order valence-electron chi connectivity index (χ3n) is 2.33. The van der Waals surface area contributed by atoms with Gasteiger partial charge in [0.15, 0.2) is 0 Å². The van der Waals surface area contributed by atoms with Gasteiger partial charge in [0, 0.05) is 5.56 Å². The first kappa shape index (κ1) is 13.5. The molecule has 0 atom stereocenters. The molecule has 0 aliphatic carbocycles. The molecule has 0 saturated heterocycles. The summed E-state index contributed by atoms with van der Waals surface area (Å²) in [6, 6.07) is 3.47. The number of carbonyl (C=O) groups is 1. The molecule has 2 nitrogen and oxygen atoms in total. The summed E-state index contributed by atoms with van der Waals surface area (Å²) >= 11 is 0. The largest absolute Gasteiger partial charge is 0.416 e. The van der Waals surface area contributed by atoms with E-state index in [1.54, 1.807) is 0 Å². The first-order valence-corrected chi connectivity index (χ1v) is 5.21. The summed E-state index contributed by atoms with van der Waals surface area (Å²) in [6.07, 6.45) is -4.15. The summed E-state index contributed by atoms with van der Waals surface area (Å²) < 4.78 is 38.4. The van der Waals surface area contributed by atoms with Crippen LogP contribution in [0.1, 0.15) is 35.3 Å². The minimum atomic E-state index is -4.46. The average Bonchev–Trinajstić information content (AvgIpc) is 2.15. The van der Waals surface area contributed by atoms with Crippen LogP contribution in [0.15, 0.2) is 18.2 Å². The Morgan fingerprint density at radius 2 is 1.94 bits per heavy atom. The van der Waals surface area contributed by atoms with Crippen molar-refractivity contribution in [3.05, 3.63) is 34.9 Å². The van der Waals surface area contributed by atoms with Crippen LogP contribution in [0, 0.1) is 5.92 Å². The molecule has 0 spiro atoms. The van der Waals surface area contributed by atoms with Crippen LogP contribution in [0.5, 0.6) is 0 Å². The van der Waals surface area contributed by atoms with Crippen molar-refractivity contribution in [1.82, 2.24) is 0 Å². The average molecular weight is 245 g/mol. The minimum Gasteiger partial charge on any atom is -0.366 e. The Bertz CT molecular complexity index is 424. The molecule has 0 saturated carbocycles. The highest BCUT2D eigenvalue weighted by Crippen LogP contribution is 2.33. The van der Waals surface area contributed by atoms with E-state index in [2.05, 4.69) is 0 Å². The van der Waals surface area contributed by atoms with Gasteiger partial charge in [0.05, 0.1) is 5.56 Å². The van der Waals surface area contributed by atoms with Crippen LogP contribution in [0.3, 0.4) is 0 Å². The van der Waals surface area contributed by atoms with Crippen molar-refractivity contribution in [1.29, 1.82) is 0 Å². The van der Waals surface area contributed by atoms with Crippen molar-refractivity contribution in [3.8, 4) is 0 Å². The number of rotatable bonds is 3. The maximum absolute atomic E-state index is 12.8. The standard InChI is InChI=1S/C12H14F3NO/c1-7(2)5-8-3-4-9(11(16)17)6-10(8)12(13,14)15/h3-4,6-7H,5H2,1-2H3,(H2,16,17). The molecule has 1 aromatic rings. The lowest BCUT2D eigenvalue weighted by molar-refractivity contribution is -0.138. The molecule has 0 fully saturated rings. The molecule has 0 aliphatic rings. The maximum Gasteiger partial charge on any atom is 0.416 e. The number of hydrogen-bond donors (Lipinski definition) is 1. The number of primary amides is 1. The molecule has 1 amide bonds. The normalized spacial score (nSPS) is 11.9. The quantitative estimate of drug-likeness (QED) is 0.874. The van der Waals surface area contributed by atoms with E-state index in [4.69, 9.17) is 5.73 Å². The number of nitrogens with two attached hydrogens (primary N) is 1. The second kappa shape index (κ2) is 4.77. The molecule has 0 bridgehead atoms. The van der Waals surface area contributed by atoms with Crippen LogP contribution in [-0.2, 0) is 12.6 Å². The van der Waals surface area contributed by atoms with Crippen LogP contribution in [0.25, 0.3) is 0 Å². The van der Waals surface area contributed by atoms with Crippen molar-refractivity contribution in [2.75, 3.05) is 0 Å². The summed E-state index contributed by atoms with van der Waals surface area (Å²) in [4.78, 5) is 10.9. The lowest BCUT2D eigenvalue weighted by Gasteiger charge is -2.15. The van der Waals surface area contributed by atoms with Crippen molar-refractivity contribution < 1.29 is 18.0 Å². The molecule has 5 heteroatoms. The first-order chi connectivity index (χ1) is 7.71. The van der Waals surface area contributed by atoms with Crippen LogP contribution in [0.2, 0.25) is 0 Å². The molecular formula is C12H14F3NO. The fraction of sp³-hybridized carbons (Fsp3) is 0.417. The highest BCUT2D eigenvalue weighted by atomic mass is 19.4. The van der Waals surface area contributed by atoms with E-state index in [0.717, 1.165) is 6.07 Å². The van der Waals surface area contributed by atoms with E-state index in [1.165, 1.54) is 12.1 Å². The van der Waals surface area contributed by atoms with Gasteiger partial charge in [0.25, 0.3) is 0 Å². The molecule has 0 radical (unpaired) electrons. The summed E-state index contributed by atoms with van der Waals surface area (Å²) in [5.74, 6) is -0.748. The lowest BCUT2D eigenvalue weighted by atomic mass is 9.95. The molecule has 0 aliphatic heterocycles. The molecule has 2 N–H and O–H groups in total. The Balaban J connectivity index is 3.27. The van der Waals surface area contributed by atoms with Crippen molar-refractivity contribution in [3.63, 3.8) is 0 Å². The third kappa shape index (κ3) is 3.47. The molecule has 94 valence electrons. The Morgan fingerprint density at radius 3 is 2.35 bits per heavy atom. The zero-order valence-corrected chi connectivity index (χ0v) is 9.64. The van der Waals surface area contributed by atoms with Gasteiger partial charge in [-0.15, -0.1) is 0 Å². The summed E-state index contributed by atoms with van der Waals surface area (Å²) in [6.45, 7) is 3.67. The molecule has 0 unspecified atom stereocenters.